The number of rotatable bonds is 7. The molecule has 0 aromatic heterocycles. The average molecular weight is 279 g/mol. The zero-order chi connectivity index (χ0) is 14.8. The maximum atomic E-state index is 12.2. The highest BCUT2D eigenvalue weighted by Gasteiger charge is 2.21. The minimum Gasteiger partial charge on any atom is -0.312 e. The van der Waals surface area contributed by atoms with E-state index in [2.05, 4.69) is 0 Å². The molecule has 0 spiro atoms. The number of amides is 1. The predicted molar refractivity (Wildman–Crippen MR) is 74.5 cm³/mol. The quantitative estimate of drug-likeness (QED) is 0.568. The Bertz CT molecular complexity index is 419. The minimum atomic E-state index is -0.480. The number of hydrogen-bond acceptors (Lipinski definition) is 4. The van der Waals surface area contributed by atoms with Crippen molar-refractivity contribution in [2.45, 2.75) is 39.5 Å². The Balaban J connectivity index is 2.70. The van der Waals surface area contributed by atoms with Crippen LogP contribution in [-0.2, 0) is 14.5 Å². The van der Waals surface area contributed by atoms with Crippen LogP contribution >= 0.6 is 0 Å². The highest BCUT2D eigenvalue weighted by molar-refractivity contribution is 5.93. The SMILES string of the molecule is CCCCON(OC(=O)CCC)C(=O)c1ccccc1. The lowest BCUT2D eigenvalue weighted by Gasteiger charge is -2.19. The fraction of sp³-hybridized carbons (Fsp3) is 0.467. The first-order valence-corrected chi connectivity index (χ1v) is 6.92. The van der Waals surface area contributed by atoms with E-state index in [9.17, 15) is 9.59 Å². The maximum absolute atomic E-state index is 12.2. The van der Waals surface area contributed by atoms with Crippen LogP contribution in [-0.4, -0.2) is 23.7 Å². The zero-order valence-electron chi connectivity index (χ0n) is 12.0. The zero-order valence-corrected chi connectivity index (χ0v) is 12.0. The molecule has 5 heteroatoms. The van der Waals surface area contributed by atoms with Gasteiger partial charge >= 0.3 is 11.9 Å². The molecule has 0 N–H and O–H groups in total. The van der Waals surface area contributed by atoms with Crippen molar-refractivity contribution in [3.8, 4) is 0 Å². The summed E-state index contributed by atoms with van der Waals surface area (Å²) in [4.78, 5) is 34.0. The van der Waals surface area contributed by atoms with Crippen molar-refractivity contribution in [2.24, 2.45) is 0 Å². The molecular weight excluding hydrogens is 258 g/mol. The molecule has 0 bridgehead atoms. The predicted octanol–water partition coefficient (Wildman–Crippen LogP) is 3.12. The van der Waals surface area contributed by atoms with Gasteiger partial charge in [-0.15, -0.1) is 0 Å². The fourth-order valence-corrected chi connectivity index (χ4v) is 1.45. The van der Waals surface area contributed by atoms with Crippen molar-refractivity contribution in [2.75, 3.05) is 6.61 Å². The number of hydrogen-bond donors (Lipinski definition) is 0. The number of carbonyl (C=O) groups excluding carboxylic acids is 2. The van der Waals surface area contributed by atoms with E-state index in [1.54, 1.807) is 24.3 Å². The van der Waals surface area contributed by atoms with Crippen molar-refractivity contribution in [1.29, 1.82) is 0 Å². The van der Waals surface area contributed by atoms with Gasteiger partial charge in [0.05, 0.1) is 6.61 Å². The Hall–Kier alpha value is -1.88. The van der Waals surface area contributed by atoms with Gasteiger partial charge < -0.3 is 4.84 Å². The summed E-state index contributed by atoms with van der Waals surface area (Å²) in [5.74, 6) is -0.959. The van der Waals surface area contributed by atoms with Crippen LogP contribution in [0.25, 0.3) is 0 Å². The molecule has 1 aromatic carbocycles. The van der Waals surface area contributed by atoms with Crippen molar-refractivity contribution >= 4 is 11.9 Å². The normalized spacial score (nSPS) is 10.1. The summed E-state index contributed by atoms with van der Waals surface area (Å²) in [6, 6.07) is 8.58. The molecule has 0 atom stereocenters. The number of carbonyl (C=O) groups is 2. The van der Waals surface area contributed by atoms with Gasteiger partial charge in [-0.25, -0.2) is 9.63 Å². The molecule has 0 aliphatic rings. The summed E-state index contributed by atoms with van der Waals surface area (Å²) >= 11 is 0. The average Bonchev–Trinajstić information content (AvgIpc) is 2.47. The topological polar surface area (TPSA) is 55.8 Å². The molecule has 0 aliphatic carbocycles. The van der Waals surface area contributed by atoms with E-state index in [-0.39, 0.29) is 6.42 Å². The molecule has 0 aliphatic heterocycles. The van der Waals surface area contributed by atoms with Crippen LogP contribution in [0, 0.1) is 0 Å². The third kappa shape index (κ3) is 5.40. The lowest BCUT2D eigenvalue weighted by molar-refractivity contribution is -0.308. The molecule has 20 heavy (non-hydrogen) atoms. The van der Waals surface area contributed by atoms with Gasteiger partial charge in [-0.3, -0.25) is 4.79 Å². The van der Waals surface area contributed by atoms with Crippen LogP contribution in [0.2, 0.25) is 0 Å². The minimum absolute atomic E-state index is 0.246. The second-order valence-electron chi connectivity index (χ2n) is 4.33. The Morgan fingerprint density at radius 1 is 1.10 bits per heavy atom. The van der Waals surface area contributed by atoms with E-state index in [1.165, 1.54) is 0 Å². The number of nitrogens with zero attached hydrogens (tertiary/aromatic N) is 1. The van der Waals surface area contributed by atoms with Crippen molar-refractivity contribution in [1.82, 2.24) is 5.23 Å². The van der Waals surface area contributed by atoms with Crippen LogP contribution < -0.4 is 0 Å². The van der Waals surface area contributed by atoms with Gasteiger partial charge in [-0.2, -0.15) is 0 Å². The van der Waals surface area contributed by atoms with Gasteiger partial charge in [0.1, 0.15) is 0 Å². The lowest BCUT2D eigenvalue weighted by atomic mass is 10.2. The Morgan fingerprint density at radius 3 is 2.40 bits per heavy atom. The van der Waals surface area contributed by atoms with Crippen LogP contribution in [0.5, 0.6) is 0 Å². The molecule has 0 fully saturated rings. The van der Waals surface area contributed by atoms with Gasteiger partial charge in [0, 0.05) is 12.0 Å². The summed E-state index contributed by atoms with van der Waals surface area (Å²) in [6.45, 7) is 4.20. The first kappa shape index (κ1) is 16.2. The smallest absolute Gasteiger partial charge is 0.312 e. The number of unbranched alkanes of at least 4 members (excludes halogenated alkanes) is 1. The fourth-order valence-electron chi connectivity index (χ4n) is 1.45. The van der Waals surface area contributed by atoms with Gasteiger partial charge in [-0.05, 0) is 30.2 Å². The van der Waals surface area contributed by atoms with E-state index in [4.69, 9.17) is 9.68 Å². The first-order chi connectivity index (χ1) is 9.69. The molecule has 1 rings (SSSR count). The molecule has 0 unspecified atom stereocenters. The third-order valence-corrected chi connectivity index (χ3v) is 2.53. The van der Waals surface area contributed by atoms with E-state index >= 15 is 0 Å². The van der Waals surface area contributed by atoms with Crippen LogP contribution in [0.3, 0.4) is 0 Å². The Kier molecular flexibility index (Phi) is 7.35. The monoisotopic (exact) mass is 279 g/mol. The van der Waals surface area contributed by atoms with Crippen molar-refractivity contribution < 1.29 is 19.3 Å². The molecule has 0 radical (unpaired) electrons. The van der Waals surface area contributed by atoms with Crippen LogP contribution in [0.4, 0.5) is 0 Å². The third-order valence-electron chi connectivity index (χ3n) is 2.53. The van der Waals surface area contributed by atoms with E-state index in [1.807, 2.05) is 19.9 Å². The van der Waals surface area contributed by atoms with Crippen LogP contribution in [0.1, 0.15) is 49.9 Å². The molecule has 0 saturated carbocycles. The van der Waals surface area contributed by atoms with Crippen molar-refractivity contribution in [3.05, 3.63) is 35.9 Å². The highest BCUT2D eigenvalue weighted by atomic mass is 17.0. The molecule has 0 heterocycles. The van der Waals surface area contributed by atoms with Gasteiger partial charge in [0.25, 0.3) is 0 Å². The highest BCUT2D eigenvalue weighted by Crippen LogP contribution is 2.08. The number of benzene rings is 1. The summed E-state index contributed by atoms with van der Waals surface area (Å²) < 4.78 is 0. The van der Waals surface area contributed by atoms with E-state index in [0.717, 1.165) is 12.8 Å². The van der Waals surface area contributed by atoms with E-state index < -0.39 is 11.9 Å². The number of hydroxylamine groups is 2. The Morgan fingerprint density at radius 2 is 1.80 bits per heavy atom. The second-order valence-corrected chi connectivity index (χ2v) is 4.33. The molecular formula is C15H21NO4. The van der Waals surface area contributed by atoms with Gasteiger partial charge in [0.2, 0.25) is 0 Å². The molecule has 0 saturated heterocycles. The summed E-state index contributed by atoms with van der Waals surface area (Å²) in [7, 11) is 0. The van der Waals surface area contributed by atoms with E-state index in [0.29, 0.717) is 23.8 Å². The molecule has 1 amide bonds. The summed E-state index contributed by atoms with van der Waals surface area (Å²) in [5.41, 5.74) is 0.410. The molecule has 1 aromatic rings. The van der Waals surface area contributed by atoms with Gasteiger partial charge in [0.15, 0.2) is 0 Å². The Labute approximate surface area is 119 Å². The summed E-state index contributed by atoms with van der Waals surface area (Å²) in [6.07, 6.45) is 2.61. The molecule has 110 valence electrons. The van der Waals surface area contributed by atoms with Gasteiger partial charge in [-0.1, -0.05) is 38.5 Å². The van der Waals surface area contributed by atoms with Crippen molar-refractivity contribution in [3.63, 3.8) is 0 Å². The van der Waals surface area contributed by atoms with Crippen LogP contribution in [0.15, 0.2) is 30.3 Å². The lowest BCUT2D eigenvalue weighted by Crippen LogP contribution is -2.34. The second kappa shape index (κ2) is 9.09. The molecule has 5 nitrogen and oxygen atoms in total. The first-order valence-electron chi connectivity index (χ1n) is 6.92. The largest absolute Gasteiger partial charge is 0.335 e. The maximum Gasteiger partial charge on any atom is 0.335 e. The standard InChI is InChI=1S/C15H21NO4/c1-3-5-12-19-16(20-14(17)9-4-2)15(18)13-10-7-6-8-11-13/h6-8,10-11H,3-5,9,12H2,1-2H3. The summed E-state index contributed by atoms with van der Waals surface area (Å²) in [5, 5.41) is 0.697.